The first-order chi connectivity index (χ1) is 12.5. The molecular formula is C19H17FN2O4. The van der Waals surface area contributed by atoms with Crippen molar-refractivity contribution in [3.63, 3.8) is 0 Å². The fourth-order valence-electron chi connectivity index (χ4n) is 2.79. The molecule has 134 valence electrons. The Morgan fingerprint density at radius 3 is 2.54 bits per heavy atom. The van der Waals surface area contributed by atoms with Crippen molar-refractivity contribution in [1.82, 2.24) is 4.57 Å². The lowest BCUT2D eigenvalue weighted by atomic mass is 10.1. The number of amides is 1. The Hall–Kier alpha value is -3.35. The van der Waals surface area contributed by atoms with Crippen molar-refractivity contribution in [3.05, 3.63) is 64.2 Å². The van der Waals surface area contributed by atoms with Gasteiger partial charge >= 0.3 is 0 Å². The third-order valence-electron chi connectivity index (χ3n) is 4.04. The summed E-state index contributed by atoms with van der Waals surface area (Å²) in [5.41, 5.74) is -0.0230. The largest absolute Gasteiger partial charge is 0.493 e. The zero-order chi connectivity index (χ0) is 18.8. The van der Waals surface area contributed by atoms with Gasteiger partial charge in [-0.2, -0.15) is 0 Å². The molecule has 1 amide bonds. The second kappa shape index (κ2) is 6.87. The highest BCUT2D eigenvalue weighted by Gasteiger charge is 2.17. The van der Waals surface area contributed by atoms with E-state index in [1.54, 1.807) is 25.2 Å². The Labute approximate surface area is 148 Å². The van der Waals surface area contributed by atoms with Crippen LogP contribution in [0.5, 0.6) is 11.5 Å². The van der Waals surface area contributed by atoms with E-state index < -0.39 is 17.2 Å². The average Bonchev–Trinajstić information content (AvgIpc) is 2.64. The first-order valence-electron chi connectivity index (χ1n) is 7.77. The van der Waals surface area contributed by atoms with Gasteiger partial charge < -0.3 is 19.4 Å². The summed E-state index contributed by atoms with van der Waals surface area (Å²) in [4.78, 5) is 25.2. The molecule has 0 aliphatic carbocycles. The van der Waals surface area contributed by atoms with Gasteiger partial charge in [-0.25, -0.2) is 4.39 Å². The highest BCUT2D eigenvalue weighted by Crippen LogP contribution is 2.29. The first kappa shape index (κ1) is 17.5. The van der Waals surface area contributed by atoms with Crippen LogP contribution in [0, 0.1) is 5.82 Å². The molecule has 0 saturated heterocycles. The van der Waals surface area contributed by atoms with E-state index in [1.165, 1.54) is 43.2 Å². The van der Waals surface area contributed by atoms with Gasteiger partial charge in [0.1, 0.15) is 11.4 Å². The number of methoxy groups -OCH3 is 2. The minimum absolute atomic E-state index is 0.0830. The molecule has 1 heterocycles. The van der Waals surface area contributed by atoms with Crippen molar-refractivity contribution in [1.29, 1.82) is 0 Å². The lowest BCUT2D eigenvalue weighted by Gasteiger charge is -2.12. The number of pyridine rings is 1. The summed E-state index contributed by atoms with van der Waals surface area (Å²) in [6.45, 7) is 0. The maximum atomic E-state index is 14.0. The number of anilines is 1. The molecule has 6 nitrogen and oxygen atoms in total. The highest BCUT2D eigenvalue weighted by atomic mass is 19.1. The van der Waals surface area contributed by atoms with Crippen LogP contribution in [0.2, 0.25) is 0 Å². The molecule has 0 aliphatic heterocycles. The second-order valence-electron chi connectivity index (χ2n) is 5.64. The fraction of sp³-hybridized carbons (Fsp3) is 0.158. The number of para-hydroxylation sites is 1. The van der Waals surface area contributed by atoms with E-state index in [1.807, 2.05) is 0 Å². The van der Waals surface area contributed by atoms with Crippen LogP contribution >= 0.6 is 0 Å². The van der Waals surface area contributed by atoms with E-state index >= 15 is 0 Å². The Bertz CT molecular complexity index is 1060. The molecule has 26 heavy (non-hydrogen) atoms. The number of hydrogen-bond acceptors (Lipinski definition) is 4. The number of carbonyl (C=O) groups excluding carboxylic acids is 1. The van der Waals surface area contributed by atoms with Gasteiger partial charge in [0.25, 0.3) is 5.91 Å². The standard InChI is InChI=1S/C19H17FN2O4/c1-22-10-13(18(23)12-5-4-6-14(20)17(12)22)19(24)21-11-7-8-15(25-2)16(9-11)26-3/h4-10H,1-3H3,(H,21,24). The number of nitrogens with one attached hydrogen (secondary N) is 1. The molecule has 0 saturated carbocycles. The molecule has 3 rings (SSSR count). The monoisotopic (exact) mass is 356 g/mol. The molecular weight excluding hydrogens is 339 g/mol. The molecule has 0 fully saturated rings. The molecule has 7 heteroatoms. The minimum atomic E-state index is -0.594. The zero-order valence-electron chi connectivity index (χ0n) is 14.5. The third-order valence-corrected chi connectivity index (χ3v) is 4.04. The number of halogens is 1. The maximum absolute atomic E-state index is 14.0. The van der Waals surface area contributed by atoms with Crippen LogP contribution in [0.1, 0.15) is 10.4 Å². The van der Waals surface area contributed by atoms with Gasteiger partial charge in [-0.05, 0) is 24.3 Å². The van der Waals surface area contributed by atoms with Crippen LogP contribution in [-0.2, 0) is 7.05 Å². The molecule has 2 aromatic carbocycles. The van der Waals surface area contributed by atoms with Crippen LogP contribution in [0.25, 0.3) is 10.9 Å². The quantitative estimate of drug-likeness (QED) is 0.780. The Morgan fingerprint density at radius 2 is 1.85 bits per heavy atom. The van der Waals surface area contributed by atoms with Crippen molar-refractivity contribution in [2.45, 2.75) is 0 Å². The number of benzene rings is 2. The Kier molecular flexibility index (Phi) is 4.62. The van der Waals surface area contributed by atoms with Crippen LogP contribution in [-0.4, -0.2) is 24.7 Å². The number of rotatable bonds is 4. The summed E-state index contributed by atoms with van der Waals surface area (Å²) in [7, 11) is 4.57. The van der Waals surface area contributed by atoms with Gasteiger partial charge in [-0.1, -0.05) is 6.07 Å². The van der Waals surface area contributed by atoms with Crippen LogP contribution in [0.15, 0.2) is 47.4 Å². The summed E-state index contributed by atoms with van der Waals surface area (Å²) in [5, 5.41) is 2.80. The van der Waals surface area contributed by atoms with E-state index in [0.29, 0.717) is 17.2 Å². The molecule has 1 N–H and O–H groups in total. The average molecular weight is 356 g/mol. The van der Waals surface area contributed by atoms with Crippen molar-refractivity contribution in [3.8, 4) is 11.5 Å². The lowest BCUT2D eigenvalue weighted by molar-refractivity contribution is 0.102. The second-order valence-corrected chi connectivity index (χ2v) is 5.64. The predicted octanol–water partition coefficient (Wildman–Crippen LogP) is 2.95. The molecule has 0 aliphatic rings. The molecule has 3 aromatic rings. The van der Waals surface area contributed by atoms with Crippen LogP contribution < -0.4 is 20.2 Å². The number of aryl methyl sites for hydroxylation is 1. The van der Waals surface area contributed by atoms with E-state index in [2.05, 4.69) is 5.32 Å². The molecule has 0 unspecified atom stereocenters. The summed E-state index contributed by atoms with van der Waals surface area (Å²) in [6, 6.07) is 9.06. The van der Waals surface area contributed by atoms with E-state index in [0.717, 1.165) is 0 Å². The van der Waals surface area contributed by atoms with Crippen LogP contribution in [0.3, 0.4) is 0 Å². The molecule has 1 aromatic heterocycles. The summed E-state index contributed by atoms with van der Waals surface area (Å²) < 4.78 is 25.7. The molecule has 0 radical (unpaired) electrons. The fourth-order valence-corrected chi connectivity index (χ4v) is 2.79. The lowest BCUT2D eigenvalue weighted by Crippen LogP contribution is -2.23. The normalized spacial score (nSPS) is 10.6. The number of hydrogen-bond donors (Lipinski definition) is 1. The van der Waals surface area contributed by atoms with Gasteiger partial charge in [0, 0.05) is 30.4 Å². The van der Waals surface area contributed by atoms with Gasteiger partial charge in [-0.3, -0.25) is 9.59 Å². The predicted molar refractivity (Wildman–Crippen MR) is 96.6 cm³/mol. The topological polar surface area (TPSA) is 69.6 Å². The van der Waals surface area contributed by atoms with Gasteiger partial charge in [0.2, 0.25) is 5.43 Å². The molecule has 0 spiro atoms. The van der Waals surface area contributed by atoms with E-state index in [4.69, 9.17) is 9.47 Å². The first-order valence-corrected chi connectivity index (χ1v) is 7.77. The summed E-state index contributed by atoms with van der Waals surface area (Å²) in [6.07, 6.45) is 1.32. The van der Waals surface area contributed by atoms with Gasteiger partial charge in [0.15, 0.2) is 11.5 Å². The summed E-state index contributed by atoms with van der Waals surface area (Å²) in [5.74, 6) is -0.153. The number of fused-ring (bicyclic) bond motifs is 1. The van der Waals surface area contributed by atoms with E-state index in [9.17, 15) is 14.0 Å². The number of aromatic nitrogens is 1. The Balaban J connectivity index is 2.01. The highest BCUT2D eigenvalue weighted by molar-refractivity contribution is 6.05. The van der Waals surface area contributed by atoms with Crippen molar-refractivity contribution in [2.24, 2.45) is 7.05 Å². The van der Waals surface area contributed by atoms with Gasteiger partial charge in [0.05, 0.1) is 19.7 Å². The Morgan fingerprint density at radius 1 is 1.12 bits per heavy atom. The van der Waals surface area contributed by atoms with E-state index in [-0.39, 0.29) is 16.5 Å². The minimum Gasteiger partial charge on any atom is -0.493 e. The SMILES string of the molecule is COc1ccc(NC(=O)c2cn(C)c3c(F)cccc3c2=O)cc1OC. The number of nitrogens with zero attached hydrogens (tertiary/aromatic N) is 1. The third kappa shape index (κ3) is 2.99. The number of carbonyl (C=O) groups is 1. The van der Waals surface area contributed by atoms with Gasteiger partial charge in [-0.15, -0.1) is 0 Å². The molecule has 0 bridgehead atoms. The van der Waals surface area contributed by atoms with Crippen LogP contribution in [0.4, 0.5) is 10.1 Å². The smallest absolute Gasteiger partial charge is 0.261 e. The molecule has 0 atom stereocenters. The van der Waals surface area contributed by atoms with Crippen molar-refractivity contribution >= 4 is 22.5 Å². The maximum Gasteiger partial charge on any atom is 0.261 e. The summed E-state index contributed by atoms with van der Waals surface area (Å²) >= 11 is 0. The van der Waals surface area contributed by atoms with Crippen molar-refractivity contribution in [2.75, 3.05) is 19.5 Å². The number of ether oxygens (including phenoxy) is 2. The zero-order valence-corrected chi connectivity index (χ0v) is 14.5. The van der Waals surface area contributed by atoms with Crippen molar-refractivity contribution < 1.29 is 18.7 Å².